The predicted octanol–water partition coefficient (Wildman–Crippen LogP) is 6.09. The number of carbonyl (C=O) groups excluding carboxylic acids is 2. The molecule has 2 aliphatic heterocycles. The van der Waals surface area contributed by atoms with Crippen LogP contribution in [0, 0.1) is 5.82 Å². The van der Waals surface area contributed by atoms with Crippen molar-refractivity contribution in [2.24, 2.45) is 5.73 Å². The number of carbonyl (C=O) groups is 2. The zero-order chi connectivity index (χ0) is 28.3. The third kappa shape index (κ3) is 8.88. The van der Waals surface area contributed by atoms with E-state index in [1.165, 1.54) is 68.7 Å². The van der Waals surface area contributed by atoms with E-state index in [-0.39, 0.29) is 17.5 Å². The minimum atomic E-state index is -0.982. The van der Waals surface area contributed by atoms with Crippen LogP contribution >= 0.6 is 11.6 Å². The summed E-state index contributed by atoms with van der Waals surface area (Å²) >= 11 is 6.39. The Morgan fingerprint density at radius 3 is 2.17 bits per heavy atom. The molecule has 40 heavy (non-hydrogen) atoms. The first kappa shape index (κ1) is 29.7. The van der Waals surface area contributed by atoms with Gasteiger partial charge in [0.25, 0.3) is 5.91 Å². The first-order chi connectivity index (χ1) is 19.4. The van der Waals surface area contributed by atoms with Crippen LogP contribution in [0.2, 0.25) is 5.02 Å². The van der Waals surface area contributed by atoms with Crippen molar-refractivity contribution in [3.05, 3.63) is 88.7 Å². The lowest BCUT2D eigenvalue weighted by molar-refractivity contribution is -0.114. The maximum Gasteiger partial charge on any atom is 0.289 e. The van der Waals surface area contributed by atoms with Crippen LogP contribution in [0.1, 0.15) is 48.0 Å². The SMILES string of the molecule is Clc1cc(CCCN2CCCC2)ccc1OC1CCOCC1.NC(=O)C(=O)c1ccc(-c2ccc(F)cc2)cc1. The number of ketones is 1. The number of nitrogens with zero attached hydrogens (tertiary/aromatic N) is 1. The number of aryl methyl sites for hydroxylation is 1. The zero-order valence-electron chi connectivity index (χ0n) is 22.6. The van der Waals surface area contributed by atoms with Gasteiger partial charge in [-0.05, 0) is 86.3 Å². The molecule has 212 valence electrons. The second-order valence-corrected chi connectivity index (χ2v) is 10.5. The Morgan fingerprint density at radius 1 is 0.950 bits per heavy atom. The summed E-state index contributed by atoms with van der Waals surface area (Å²) in [6.45, 7) is 5.34. The lowest BCUT2D eigenvalue weighted by Crippen LogP contribution is -2.25. The van der Waals surface area contributed by atoms with Crippen LogP contribution in [0.4, 0.5) is 4.39 Å². The molecule has 0 unspecified atom stereocenters. The predicted molar refractivity (Wildman–Crippen MR) is 155 cm³/mol. The van der Waals surface area contributed by atoms with Gasteiger partial charge in [-0.1, -0.05) is 54.1 Å². The molecule has 3 aromatic carbocycles. The smallest absolute Gasteiger partial charge is 0.289 e. The highest BCUT2D eigenvalue weighted by Gasteiger charge is 2.17. The van der Waals surface area contributed by atoms with E-state index in [4.69, 9.17) is 26.8 Å². The summed E-state index contributed by atoms with van der Waals surface area (Å²) in [6.07, 6.45) is 7.17. The topological polar surface area (TPSA) is 81.9 Å². The molecular formula is C32H36ClFN2O4. The van der Waals surface area contributed by atoms with E-state index >= 15 is 0 Å². The first-order valence-corrected chi connectivity index (χ1v) is 14.2. The Kier molecular flexibility index (Phi) is 11.1. The molecule has 3 aromatic rings. The molecule has 0 atom stereocenters. The van der Waals surface area contributed by atoms with Gasteiger partial charge in [0, 0.05) is 18.4 Å². The Hall–Kier alpha value is -3.26. The molecule has 0 saturated carbocycles. The minimum absolute atomic E-state index is 0.243. The van der Waals surface area contributed by atoms with Crippen LogP contribution in [0.5, 0.6) is 5.75 Å². The molecule has 8 heteroatoms. The Bertz CT molecular complexity index is 1250. The largest absolute Gasteiger partial charge is 0.489 e. The Balaban J connectivity index is 0.000000189. The van der Waals surface area contributed by atoms with Gasteiger partial charge in [0.2, 0.25) is 5.78 Å². The highest BCUT2D eigenvalue weighted by molar-refractivity contribution is 6.42. The molecule has 1 amide bonds. The van der Waals surface area contributed by atoms with Gasteiger partial charge in [0.05, 0.1) is 18.2 Å². The standard InChI is InChI=1S/C18H26ClNO2.C14H10FNO2/c19-17-14-15(4-3-11-20-9-1-2-10-20)5-6-18(17)22-16-7-12-21-13-8-16;15-12-7-5-10(6-8-12)9-1-3-11(4-2-9)13(17)14(16)18/h5-6,14,16H,1-4,7-13H2;1-8H,(H2,16,18). The summed E-state index contributed by atoms with van der Waals surface area (Å²) in [6, 6.07) is 18.7. The summed E-state index contributed by atoms with van der Waals surface area (Å²) in [5, 5.41) is 0.741. The lowest BCUT2D eigenvalue weighted by Gasteiger charge is -2.24. The molecule has 2 aliphatic rings. The van der Waals surface area contributed by atoms with Gasteiger partial charge < -0.3 is 20.1 Å². The summed E-state index contributed by atoms with van der Waals surface area (Å²) in [5.41, 5.74) is 8.11. The first-order valence-electron chi connectivity index (χ1n) is 13.8. The minimum Gasteiger partial charge on any atom is -0.489 e. The highest BCUT2D eigenvalue weighted by atomic mass is 35.5. The van der Waals surface area contributed by atoms with Gasteiger partial charge in [-0.2, -0.15) is 0 Å². The molecule has 2 heterocycles. The number of hydrogen-bond acceptors (Lipinski definition) is 5. The molecule has 2 fully saturated rings. The van der Waals surface area contributed by atoms with Crippen LogP contribution in [-0.4, -0.2) is 55.5 Å². The van der Waals surface area contributed by atoms with Crippen LogP contribution in [0.15, 0.2) is 66.7 Å². The van der Waals surface area contributed by atoms with Crippen molar-refractivity contribution in [2.75, 3.05) is 32.8 Å². The van der Waals surface area contributed by atoms with Crippen LogP contribution in [0.3, 0.4) is 0 Å². The van der Waals surface area contributed by atoms with E-state index < -0.39 is 11.7 Å². The fourth-order valence-corrected chi connectivity index (χ4v) is 5.13. The average Bonchev–Trinajstić information content (AvgIpc) is 3.49. The van der Waals surface area contributed by atoms with Crippen molar-refractivity contribution in [1.82, 2.24) is 4.90 Å². The fourth-order valence-electron chi connectivity index (χ4n) is 4.88. The van der Waals surface area contributed by atoms with Crippen molar-refractivity contribution in [3.63, 3.8) is 0 Å². The number of likely N-dealkylation sites (tertiary alicyclic amines) is 1. The third-order valence-electron chi connectivity index (χ3n) is 7.15. The number of amides is 1. The van der Waals surface area contributed by atoms with Crippen LogP contribution < -0.4 is 10.5 Å². The molecule has 0 aromatic heterocycles. The van der Waals surface area contributed by atoms with Crippen molar-refractivity contribution < 1.29 is 23.5 Å². The van der Waals surface area contributed by atoms with Crippen molar-refractivity contribution in [3.8, 4) is 16.9 Å². The van der Waals surface area contributed by atoms with E-state index in [0.29, 0.717) is 0 Å². The quantitative estimate of drug-likeness (QED) is 0.250. The van der Waals surface area contributed by atoms with E-state index in [1.807, 2.05) is 6.07 Å². The normalized spacial score (nSPS) is 15.8. The summed E-state index contributed by atoms with van der Waals surface area (Å²) in [7, 11) is 0. The van der Waals surface area contributed by atoms with E-state index in [9.17, 15) is 14.0 Å². The number of Topliss-reactive ketones (excluding diaryl/α,β-unsaturated/α-hetero) is 1. The van der Waals surface area contributed by atoms with Gasteiger partial charge in [0.15, 0.2) is 0 Å². The van der Waals surface area contributed by atoms with Crippen molar-refractivity contribution in [1.29, 1.82) is 0 Å². The second kappa shape index (κ2) is 14.9. The molecule has 0 spiro atoms. The molecule has 5 rings (SSSR count). The van der Waals surface area contributed by atoms with Crippen LogP contribution in [0.25, 0.3) is 11.1 Å². The molecule has 2 saturated heterocycles. The molecule has 0 bridgehead atoms. The summed E-state index contributed by atoms with van der Waals surface area (Å²) < 4.78 is 24.1. The van der Waals surface area contributed by atoms with Gasteiger partial charge in [-0.25, -0.2) is 4.39 Å². The van der Waals surface area contributed by atoms with E-state index in [1.54, 1.807) is 24.3 Å². The molecule has 0 aliphatic carbocycles. The maximum atomic E-state index is 12.8. The Morgan fingerprint density at radius 2 is 1.57 bits per heavy atom. The monoisotopic (exact) mass is 566 g/mol. The number of rotatable bonds is 9. The highest BCUT2D eigenvalue weighted by Crippen LogP contribution is 2.29. The Labute approximate surface area is 240 Å². The van der Waals surface area contributed by atoms with E-state index in [2.05, 4.69) is 17.0 Å². The number of hydrogen-bond donors (Lipinski definition) is 1. The average molecular weight is 567 g/mol. The zero-order valence-corrected chi connectivity index (χ0v) is 23.4. The van der Waals surface area contributed by atoms with Crippen molar-refractivity contribution >= 4 is 23.3 Å². The molecule has 0 radical (unpaired) electrons. The summed E-state index contributed by atoms with van der Waals surface area (Å²) in [4.78, 5) is 24.6. The van der Waals surface area contributed by atoms with Gasteiger partial charge >= 0.3 is 0 Å². The van der Waals surface area contributed by atoms with Crippen molar-refractivity contribution in [2.45, 2.75) is 44.6 Å². The van der Waals surface area contributed by atoms with E-state index in [0.717, 1.165) is 54.4 Å². The summed E-state index contributed by atoms with van der Waals surface area (Å²) in [5.74, 6) is -1.19. The third-order valence-corrected chi connectivity index (χ3v) is 7.44. The molecule has 2 N–H and O–H groups in total. The lowest BCUT2D eigenvalue weighted by atomic mass is 10.0. The molecular weight excluding hydrogens is 531 g/mol. The van der Waals surface area contributed by atoms with Gasteiger partial charge in [-0.3, -0.25) is 9.59 Å². The maximum absolute atomic E-state index is 12.8. The number of halogens is 2. The number of primary amides is 1. The second-order valence-electron chi connectivity index (χ2n) is 10.1. The molecule has 6 nitrogen and oxygen atoms in total. The number of ether oxygens (including phenoxy) is 2. The van der Waals surface area contributed by atoms with Gasteiger partial charge in [-0.15, -0.1) is 0 Å². The fraction of sp³-hybridized carbons (Fsp3) is 0.375. The number of benzene rings is 3. The number of nitrogens with two attached hydrogens (primary N) is 1. The van der Waals surface area contributed by atoms with Gasteiger partial charge in [0.1, 0.15) is 17.7 Å². The van der Waals surface area contributed by atoms with Crippen LogP contribution in [-0.2, 0) is 16.0 Å².